The van der Waals surface area contributed by atoms with E-state index < -0.39 is 0 Å². The minimum absolute atomic E-state index is 0.0503. The normalized spacial score (nSPS) is 16.7. The molecule has 2 atom stereocenters. The average molecular weight is 339 g/mol. The van der Waals surface area contributed by atoms with Crippen LogP contribution in [0.4, 0.5) is 0 Å². The second kappa shape index (κ2) is 7.61. The lowest BCUT2D eigenvalue weighted by molar-refractivity contribution is 0.243. The van der Waals surface area contributed by atoms with Crippen molar-refractivity contribution in [1.29, 1.82) is 0 Å². The highest BCUT2D eigenvalue weighted by Crippen LogP contribution is 2.35. The van der Waals surface area contributed by atoms with Gasteiger partial charge in [0.25, 0.3) is 0 Å². The highest BCUT2D eigenvalue weighted by Gasteiger charge is 2.31. The van der Waals surface area contributed by atoms with Crippen molar-refractivity contribution in [2.24, 2.45) is 11.8 Å². The number of nitrogens with one attached hydrogen (secondary N) is 2. The molecule has 0 saturated carbocycles. The second-order valence-electron chi connectivity index (χ2n) is 6.92. The quantitative estimate of drug-likeness (QED) is 0.675. The Morgan fingerprint density at radius 2 is 2.04 bits per heavy atom. The number of tetrazole rings is 1. The van der Waals surface area contributed by atoms with E-state index in [1.807, 2.05) is 0 Å². The van der Waals surface area contributed by atoms with Crippen molar-refractivity contribution in [1.82, 2.24) is 25.9 Å². The molecule has 0 fully saturated rings. The molecule has 2 heterocycles. The molecule has 1 aliphatic heterocycles. The Morgan fingerprint density at radius 1 is 1.28 bits per heavy atom. The van der Waals surface area contributed by atoms with E-state index in [9.17, 15) is 5.11 Å². The summed E-state index contributed by atoms with van der Waals surface area (Å²) in [6.45, 7) is 9.78. The van der Waals surface area contributed by atoms with Crippen LogP contribution in [0.3, 0.4) is 0 Å². The summed E-state index contributed by atoms with van der Waals surface area (Å²) in [4.78, 5) is 0. The molecule has 0 radical (unpaired) electrons. The Balaban J connectivity index is 1.83. The number of aliphatic hydroxyl groups excluding tert-OH is 1. The zero-order chi connectivity index (χ0) is 17.8. The Bertz CT molecular complexity index is 734. The van der Waals surface area contributed by atoms with Gasteiger partial charge >= 0.3 is 0 Å². The Hall–Kier alpha value is -2.47. The highest BCUT2D eigenvalue weighted by atomic mass is 16.3. The number of hydrogen-bond acceptors (Lipinski definition) is 5. The molecule has 1 aromatic carbocycles. The van der Waals surface area contributed by atoms with E-state index in [1.165, 1.54) is 16.7 Å². The molecule has 1 aromatic heterocycles. The Labute approximate surface area is 148 Å². The maximum atomic E-state index is 10.1. The van der Waals surface area contributed by atoms with Crippen LogP contribution in [-0.4, -0.2) is 38.8 Å². The third-order valence-corrected chi connectivity index (χ3v) is 4.84. The fourth-order valence-corrected chi connectivity index (χ4v) is 3.60. The van der Waals surface area contributed by atoms with Gasteiger partial charge in [-0.3, -0.25) is 0 Å². The van der Waals surface area contributed by atoms with Gasteiger partial charge in [-0.05, 0) is 39.5 Å². The number of allylic oxidation sites excluding steroid dienone is 1. The van der Waals surface area contributed by atoms with Crippen molar-refractivity contribution in [3.05, 3.63) is 59.6 Å². The molecule has 6 nitrogen and oxygen atoms in total. The molecule has 1 aliphatic rings. The van der Waals surface area contributed by atoms with Gasteiger partial charge in [-0.2, -0.15) is 0 Å². The summed E-state index contributed by atoms with van der Waals surface area (Å²) in [6, 6.07) is 8.59. The van der Waals surface area contributed by atoms with Crippen molar-refractivity contribution in [2.75, 3.05) is 13.1 Å². The van der Waals surface area contributed by atoms with Gasteiger partial charge in [0, 0.05) is 24.9 Å². The molecular formula is C19H25N5O. The molecule has 0 aliphatic carbocycles. The number of H-pyrrole nitrogens is 1. The van der Waals surface area contributed by atoms with Crippen molar-refractivity contribution in [2.45, 2.75) is 26.2 Å². The third kappa shape index (κ3) is 3.96. The summed E-state index contributed by atoms with van der Waals surface area (Å²) in [5.74, 6) is 0.916. The monoisotopic (exact) mass is 339 g/mol. The number of aromatic amines is 1. The van der Waals surface area contributed by atoms with E-state index in [0.717, 1.165) is 19.5 Å². The lowest BCUT2D eigenvalue weighted by Crippen LogP contribution is -2.23. The summed E-state index contributed by atoms with van der Waals surface area (Å²) in [5.41, 5.74) is 3.77. The van der Waals surface area contributed by atoms with Gasteiger partial charge in [0.2, 0.25) is 0 Å². The van der Waals surface area contributed by atoms with Gasteiger partial charge in [-0.1, -0.05) is 50.8 Å². The van der Waals surface area contributed by atoms with Crippen LogP contribution in [0.1, 0.15) is 36.7 Å². The number of aliphatic hydroxyl groups is 1. The Kier molecular flexibility index (Phi) is 5.28. The largest absolute Gasteiger partial charge is 0.513 e. The summed E-state index contributed by atoms with van der Waals surface area (Å²) in [5, 5.41) is 27.8. The van der Waals surface area contributed by atoms with Gasteiger partial charge in [-0.25, -0.2) is 5.10 Å². The predicted molar refractivity (Wildman–Crippen MR) is 98.0 cm³/mol. The Morgan fingerprint density at radius 3 is 2.56 bits per heavy atom. The highest BCUT2D eigenvalue weighted by molar-refractivity contribution is 5.69. The first-order chi connectivity index (χ1) is 12.1. The zero-order valence-corrected chi connectivity index (χ0v) is 14.7. The molecule has 0 unspecified atom stereocenters. The number of hydrogen-bond donors (Lipinski definition) is 3. The van der Waals surface area contributed by atoms with Crippen LogP contribution in [0.15, 0.2) is 42.7 Å². The third-order valence-electron chi connectivity index (χ3n) is 4.84. The maximum Gasteiger partial charge on any atom is 0.152 e. The molecule has 0 spiro atoms. The lowest BCUT2D eigenvalue weighted by atomic mass is 9.78. The first kappa shape index (κ1) is 17.4. The molecule has 0 saturated heterocycles. The van der Waals surface area contributed by atoms with Crippen LogP contribution in [-0.2, 0) is 6.42 Å². The van der Waals surface area contributed by atoms with Crippen LogP contribution in [0.2, 0.25) is 0 Å². The molecule has 3 rings (SSSR count). The summed E-state index contributed by atoms with van der Waals surface area (Å²) in [6.07, 6.45) is 2.96. The molecule has 25 heavy (non-hydrogen) atoms. The molecule has 2 aromatic rings. The van der Waals surface area contributed by atoms with Crippen LogP contribution < -0.4 is 5.32 Å². The number of nitrogens with zero attached hydrogens (tertiary/aromatic N) is 3. The van der Waals surface area contributed by atoms with Crippen molar-refractivity contribution in [3.63, 3.8) is 0 Å². The summed E-state index contributed by atoms with van der Waals surface area (Å²) < 4.78 is 0. The molecule has 3 N–H and O–H groups in total. The van der Waals surface area contributed by atoms with Gasteiger partial charge in [0.05, 0.1) is 5.76 Å². The van der Waals surface area contributed by atoms with Crippen molar-refractivity contribution in [3.8, 4) is 0 Å². The number of benzene rings is 1. The van der Waals surface area contributed by atoms with Crippen molar-refractivity contribution < 1.29 is 5.11 Å². The maximum absolute atomic E-state index is 10.1. The SMILES string of the molecule is C=C(O)[C@@H](C(C)C)[C@H](Cc1ccc(C2=CCNC2)cc1)c1nnn[nH]1. The molecule has 0 bridgehead atoms. The van der Waals surface area contributed by atoms with E-state index in [-0.39, 0.29) is 23.5 Å². The van der Waals surface area contributed by atoms with E-state index in [2.05, 4.69) is 76.7 Å². The van der Waals surface area contributed by atoms with Crippen LogP contribution in [0, 0.1) is 11.8 Å². The lowest BCUT2D eigenvalue weighted by Gasteiger charge is -2.27. The summed E-state index contributed by atoms with van der Waals surface area (Å²) >= 11 is 0. The van der Waals surface area contributed by atoms with Crippen LogP contribution in [0.5, 0.6) is 0 Å². The van der Waals surface area contributed by atoms with E-state index in [0.29, 0.717) is 5.82 Å². The van der Waals surface area contributed by atoms with Gasteiger partial charge in [0.15, 0.2) is 5.82 Å². The number of rotatable bonds is 7. The fraction of sp³-hybridized carbons (Fsp3) is 0.421. The smallest absolute Gasteiger partial charge is 0.152 e. The molecular weight excluding hydrogens is 314 g/mol. The van der Waals surface area contributed by atoms with E-state index in [1.54, 1.807) is 0 Å². The van der Waals surface area contributed by atoms with Gasteiger partial charge in [-0.15, -0.1) is 5.10 Å². The van der Waals surface area contributed by atoms with Gasteiger partial charge < -0.3 is 10.4 Å². The summed E-state index contributed by atoms with van der Waals surface area (Å²) in [7, 11) is 0. The van der Waals surface area contributed by atoms with Gasteiger partial charge in [0.1, 0.15) is 0 Å². The topological polar surface area (TPSA) is 86.7 Å². The first-order valence-electron chi connectivity index (χ1n) is 8.66. The molecule has 0 amide bonds. The average Bonchev–Trinajstić information content (AvgIpc) is 3.28. The number of aromatic nitrogens is 4. The minimum atomic E-state index is -0.115. The van der Waals surface area contributed by atoms with E-state index >= 15 is 0 Å². The standard InChI is InChI=1S/C19H25N5O/c1-12(2)18(13(3)25)17(19-21-23-24-22-19)10-14-4-6-15(7-5-14)16-8-9-20-11-16/h4-8,12,17-18,20,25H,3,9-11H2,1-2H3,(H,21,22,23,24)/t17-,18+/m0/s1. The molecule has 6 heteroatoms. The zero-order valence-electron chi connectivity index (χ0n) is 14.7. The van der Waals surface area contributed by atoms with Crippen molar-refractivity contribution >= 4 is 5.57 Å². The molecule has 132 valence electrons. The fourth-order valence-electron chi connectivity index (χ4n) is 3.60. The van der Waals surface area contributed by atoms with Crippen LogP contribution in [0.25, 0.3) is 5.57 Å². The first-order valence-corrected chi connectivity index (χ1v) is 8.66. The predicted octanol–water partition coefficient (Wildman–Crippen LogP) is 2.86. The van der Waals surface area contributed by atoms with E-state index in [4.69, 9.17) is 0 Å². The second-order valence-corrected chi connectivity index (χ2v) is 6.92. The minimum Gasteiger partial charge on any atom is -0.513 e. The van der Waals surface area contributed by atoms with Crippen LogP contribution >= 0.6 is 0 Å².